The maximum absolute atomic E-state index is 11.8. The lowest BCUT2D eigenvalue weighted by Crippen LogP contribution is -2.20. The number of allylic oxidation sites excluding steroid dienone is 4. The fourth-order valence-electron chi connectivity index (χ4n) is 2.00. The van der Waals surface area contributed by atoms with Gasteiger partial charge in [-0.05, 0) is 51.8 Å². The summed E-state index contributed by atoms with van der Waals surface area (Å²) in [6.45, 7) is 6.17. The van der Waals surface area contributed by atoms with E-state index in [0.29, 0.717) is 10.7 Å². The maximum Gasteiger partial charge on any atom is 0.240 e. The Hall–Kier alpha value is -2.40. The van der Waals surface area contributed by atoms with Gasteiger partial charge in [0.05, 0.1) is 10.7 Å². The highest BCUT2D eigenvalue weighted by Gasteiger charge is 2.08. The molecule has 0 bridgehead atoms. The molecule has 0 saturated carbocycles. The monoisotopic (exact) mass is 375 g/mol. The molecule has 1 aromatic carbocycles. The molecule has 1 aromatic rings. The minimum atomic E-state index is -0.314. The third kappa shape index (κ3) is 9.79. The van der Waals surface area contributed by atoms with Crippen LogP contribution in [0.1, 0.15) is 46.5 Å². The van der Waals surface area contributed by atoms with Crippen LogP contribution in [0.15, 0.2) is 52.7 Å². The molecular weight excluding hydrogens is 350 g/mol. The minimum absolute atomic E-state index is 0.0525. The van der Waals surface area contributed by atoms with Crippen LogP contribution in [0.4, 0.5) is 5.69 Å². The second-order valence-electron chi connectivity index (χ2n) is 6.17. The van der Waals surface area contributed by atoms with E-state index in [1.807, 2.05) is 13.0 Å². The van der Waals surface area contributed by atoms with Gasteiger partial charge in [-0.1, -0.05) is 41.0 Å². The van der Waals surface area contributed by atoms with Crippen LogP contribution in [-0.4, -0.2) is 18.0 Å². The second-order valence-corrected chi connectivity index (χ2v) is 6.58. The highest BCUT2D eigenvalue weighted by Crippen LogP contribution is 2.20. The van der Waals surface area contributed by atoms with Crippen LogP contribution in [0.2, 0.25) is 5.02 Å². The molecule has 0 aliphatic carbocycles. The molecule has 140 valence electrons. The number of benzene rings is 1. The van der Waals surface area contributed by atoms with Crippen LogP contribution < -0.4 is 10.7 Å². The van der Waals surface area contributed by atoms with E-state index in [2.05, 4.69) is 35.8 Å². The summed E-state index contributed by atoms with van der Waals surface area (Å²) in [7, 11) is 0. The number of amides is 2. The van der Waals surface area contributed by atoms with Crippen molar-refractivity contribution in [1.29, 1.82) is 0 Å². The Bertz CT molecular complexity index is 705. The molecule has 2 N–H and O–H groups in total. The fourth-order valence-corrected chi connectivity index (χ4v) is 2.19. The number of anilines is 1. The number of hydrogen-bond acceptors (Lipinski definition) is 3. The van der Waals surface area contributed by atoms with Crippen LogP contribution in [0, 0.1) is 0 Å². The molecule has 2 amide bonds. The first kappa shape index (κ1) is 21.6. The molecule has 0 spiro atoms. The van der Waals surface area contributed by atoms with Crippen molar-refractivity contribution < 1.29 is 9.59 Å². The van der Waals surface area contributed by atoms with Crippen LogP contribution in [0.3, 0.4) is 0 Å². The van der Waals surface area contributed by atoms with Crippen molar-refractivity contribution in [3.63, 3.8) is 0 Å². The lowest BCUT2D eigenvalue weighted by atomic mass is 10.1. The van der Waals surface area contributed by atoms with Gasteiger partial charge in [-0.2, -0.15) is 5.10 Å². The highest BCUT2D eigenvalue weighted by atomic mass is 35.5. The molecule has 0 aliphatic rings. The Morgan fingerprint density at radius 1 is 1.08 bits per heavy atom. The van der Waals surface area contributed by atoms with Gasteiger partial charge >= 0.3 is 0 Å². The Morgan fingerprint density at radius 2 is 1.77 bits per heavy atom. The zero-order valence-corrected chi connectivity index (χ0v) is 16.3. The smallest absolute Gasteiger partial charge is 0.240 e. The molecule has 0 atom stereocenters. The first-order valence-electron chi connectivity index (χ1n) is 8.54. The van der Waals surface area contributed by atoms with E-state index >= 15 is 0 Å². The fraction of sp³-hybridized carbons (Fsp3) is 0.350. The van der Waals surface area contributed by atoms with Crippen molar-refractivity contribution >= 4 is 35.3 Å². The Balaban J connectivity index is 2.28. The van der Waals surface area contributed by atoms with Crippen molar-refractivity contribution in [2.45, 2.75) is 46.5 Å². The third-order valence-corrected chi connectivity index (χ3v) is 3.77. The lowest BCUT2D eigenvalue weighted by Gasteiger charge is -2.06. The van der Waals surface area contributed by atoms with Crippen molar-refractivity contribution in [1.82, 2.24) is 5.43 Å². The van der Waals surface area contributed by atoms with Gasteiger partial charge in [0, 0.05) is 19.1 Å². The summed E-state index contributed by atoms with van der Waals surface area (Å²) >= 11 is 5.97. The van der Waals surface area contributed by atoms with E-state index in [1.54, 1.807) is 30.5 Å². The predicted molar refractivity (Wildman–Crippen MR) is 108 cm³/mol. The van der Waals surface area contributed by atoms with Gasteiger partial charge in [-0.25, -0.2) is 5.43 Å². The van der Waals surface area contributed by atoms with Gasteiger partial charge in [0.1, 0.15) is 0 Å². The predicted octanol–water partition coefficient (Wildman–Crippen LogP) is 4.85. The maximum atomic E-state index is 11.8. The Kier molecular flexibility index (Phi) is 10.0. The number of nitrogens with one attached hydrogen (secondary N) is 2. The quantitative estimate of drug-likeness (QED) is 0.368. The summed E-state index contributed by atoms with van der Waals surface area (Å²) in [6, 6.07) is 6.95. The first-order chi connectivity index (χ1) is 12.4. The number of hydrazone groups is 1. The van der Waals surface area contributed by atoms with Crippen molar-refractivity contribution in [3.8, 4) is 0 Å². The second kappa shape index (κ2) is 12.0. The van der Waals surface area contributed by atoms with E-state index in [1.165, 1.54) is 11.1 Å². The normalized spacial score (nSPS) is 11.3. The third-order valence-electron chi connectivity index (χ3n) is 3.44. The van der Waals surface area contributed by atoms with Crippen molar-refractivity contribution in [3.05, 3.63) is 52.6 Å². The number of hydrogen-bond donors (Lipinski definition) is 2. The topological polar surface area (TPSA) is 70.6 Å². The number of halogens is 1. The number of nitrogens with zero attached hydrogens (tertiary/aromatic N) is 1. The zero-order valence-electron chi connectivity index (χ0n) is 15.5. The summed E-state index contributed by atoms with van der Waals surface area (Å²) in [6.07, 6.45) is 7.66. The van der Waals surface area contributed by atoms with E-state index in [9.17, 15) is 9.59 Å². The van der Waals surface area contributed by atoms with Crippen molar-refractivity contribution in [2.24, 2.45) is 5.10 Å². The molecule has 6 heteroatoms. The van der Waals surface area contributed by atoms with Gasteiger partial charge in [-0.15, -0.1) is 0 Å². The van der Waals surface area contributed by atoms with Crippen LogP contribution in [0.25, 0.3) is 0 Å². The number of rotatable bonds is 9. The number of carbonyl (C=O) groups excluding carboxylic acids is 2. The Morgan fingerprint density at radius 3 is 2.46 bits per heavy atom. The molecule has 0 aliphatic heterocycles. The minimum Gasteiger partial charge on any atom is -0.325 e. The van der Waals surface area contributed by atoms with E-state index in [4.69, 9.17) is 11.6 Å². The molecule has 0 fully saturated rings. The molecule has 5 nitrogen and oxygen atoms in total. The van der Waals surface area contributed by atoms with Crippen LogP contribution in [-0.2, 0) is 9.59 Å². The average Bonchev–Trinajstić information content (AvgIpc) is 2.58. The van der Waals surface area contributed by atoms with Gasteiger partial charge in [0.2, 0.25) is 11.8 Å². The standard InChI is InChI=1S/C20H26ClN3O2/c1-15(2)7-6-8-16(3)13-14-22-24-20(26)12-11-19(25)23-18-10-5-4-9-17(18)21/h4-5,7,9-10,13-14H,6,8,11-12H2,1-3H3,(H,23,25)(H,24,26)/b16-13-,22-14?. The largest absolute Gasteiger partial charge is 0.325 e. The molecule has 26 heavy (non-hydrogen) atoms. The van der Waals surface area contributed by atoms with Gasteiger partial charge < -0.3 is 5.32 Å². The van der Waals surface area contributed by atoms with Gasteiger partial charge in [0.25, 0.3) is 0 Å². The molecule has 0 heterocycles. The Labute approximate surface area is 160 Å². The zero-order chi connectivity index (χ0) is 19.4. The van der Waals surface area contributed by atoms with E-state index in [-0.39, 0.29) is 24.7 Å². The molecule has 0 aromatic heterocycles. The summed E-state index contributed by atoms with van der Waals surface area (Å²) in [5.41, 5.74) is 5.43. The van der Waals surface area contributed by atoms with Gasteiger partial charge in [-0.3, -0.25) is 9.59 Å². The van der Waals surface area contributed by atoms with Crippen LogP contribution >= 0.6 is 11.6 Å². The molecule has 0 unspecified atom stereocenters. The number of para-hydroxylation sites is 1. The first-order valence-corrected chi connectivity index (χ1v) is 8.91. The summed E-state index contributed by atoms with van der Waals surface area (Å²) in [5.74, 6) is -0.585. The van der Waals surface area contributed by atoms with Crippen molar-refractivity contribution in [2.75, 3.05) is 5.32 Å². The molecule has 0 saturated heterocycles. The average molecular weight is 376 g/mol. The molecular formula is C20H26ClN3O2. The highest BCUT2D eigenvalue weighted by molar-refractivity contribution is 6.33. The van der Waals surface area contributed by atoms with Crippen LogP contribution in [0.5, 0.6) is 0 Å². The summed E-state index contributed by atoms with van der Waals surface area (Å²) in [4.78, 5) is 23.5. The molecule has 1 rings (SSSR count). The lowest BCUT2D eigenvalue weighted by molar-refractivity contribution is -0.124. The summed E-state index contributed by atoms with van der Waals surface area (Å²) < 4.78 is 0. The molecule has 0 radical (unpaired) electrons. The van der Waals surface area contributed by atoms with E-state index < -0.39 is 0 Å². The van der Waals surface area contributed by atoms with Gasteiger partial charge in [0.15, 0.2) is 0 Å². The SMILES string of the molecule is CC(C)=CCC/C(C)=C\C=NNC(=O)CCC(=O)Nc1ccccc1Cl. The number of carbonyl (C=O) groups is 2. The van der Waals surface area contributed by atoms with E-state index in [0.717, 1.165) is 12.8 Å². The summed E-state index contributed by atoms with van der Waals surface area (Å²) in [5, 5.41) is 6.99.